The molecule has 1 heterocycles. The van der Waals surface area contributed by atoms with Crippen molar-refractivity contribution in [1.82, 2.24) is 15.5 Å². The molecule has 0 saturated carbocycles. The topological polar surface area (TPSA) is 104 Å². The summed E-state index contributed by atoms with van der Waals surface area (Å²) in [5.41, 5.74) is 0. The highest BCUT2D eigenvalue weighted by atomic mass is 32.1. The molecule has 0 bridgehead atoms. The van der Waals surface area contributed by atoms with Crippen LogP contribution >= 0.6 is 11.3 Å². The highest BCUT2D eigenvalue weighted by Gasteiger charge is 2.07. The molecule has 2 amide bonds. The lowest BCUT2D eigenvalue weighted by molar-refractivity contribution is -0.135. The summed E-state index contributed by atoms with van der Waals surface area (Å²) in [6, 6.07) is -0.601. The normalized spacial score (nSPS) is 9.67. The number of anilines is 1. The maximum Gasteiger partial charge on any atom is 0.323 e. The first kappa shape index (κ1) is 11.4. The van der Waals surface area contributed by atoms with Crippen LogP contribution < -0.4 is 10.6 Å². The quantitative estimate of drug-likeness (QED) is 0.690. The Hall–Kier alpha value is -1.70. The van der Waals surface area contributed by atoms with Crippen molar-refractivity contribution in [2.24, 2.45) is 0 Å². The van der Waals surface area contributed by atoms with Crippen LogP contribution in [-0.2, 0) is 11.2 Å². The van der Waals surface area contributed by atoms with Gasteiger partial charge in [-0.3, -0.25) is 10.1 Å². The van der Waals surface area contributed by atoms with Gasteiger partial charge in [-0.05, 0) is 6.42 Å². The Kier molecular flexibility index (Phi) is 3.98. The highest BCUT2D eigenvalue weighted by molar-refractivity contribution is 7.15. The van der Waals surface area contributed by atoms with Crippen LogP contribution in [0.1, 0.15) is 11.9 Å². The summed E-state index contributed by atoms with van der Waals surface area (Å²) in [6.07, 6.45) is 0.746. The Balaban J connectivity index is 2.40. The zero-order valence-corrected chi connectivity index (χ0v) is 8.80. The van der Waals surface area contributed by atoms with E-state index in [2.05, 4.69) is 20.8 Å². The third kappa shape index (κ3) is 3.90. The lowest BCUT2D eigenvalue weighted by atomic mass is 10.5. The first-order chi connectivity index (χ1) is 7.11. The summed E-state index contributed by atoms with van der Waals surface area (Å²) in [5, 5.41) is 21.5. The van der Waals surface area contributed by atoms with E-state index in [0.717, 1.165) is 11.4 Å². The average molecular weight is 230 g/mol. The number of hydrogen-bond acceptors (Lipinski definition) is 5. The number of rotatable bonds is 4. The van der Waals surface area contributed by atoms with Crippen molar-refractivity contribution in [3.63, 3.8) is 0 Å². The third-order valence-corrected chi connectivity index (χ3v) is 2.37. The van der Waals surface area contributed by atoms with Gasteiger partial charge in [0.2, 0.25) is 5.13 Å². The molecule has 15 heavy (non-hydrogen) atoms. The number of aromatic nitrogens is 2. The molecule has 0 fully saturated rings. The number of nitrogens with one attached hydrogen (secondary N) is 2. The fourth-order valence-electron chi connectivity index (χ4n) is 0.744. The molecule has 0 aromatic carbocycles. The smallest absolute Gasteiger partial charge is 0.323 e. The van der Waals surface area contributed by atoms with E-state index in [4.69, 9.17) is 5.11 Å². The van der Waals surface area contributed by atoms with Gasteiger partial charge >= 0.3 is 12.0 Å². The number of amides is 2. The second-order valence-corrected chi connectivity index (χ2v) is 3.62. The SMILES string of the molecule is CCc1nnc(NC(=O)NCC(=O)O)s1. The van der Waals surface area contributed by atoms with E-state index in [1.165, 1.54) is 11.3 Å². The Bertz CT molecular complexity index is 365. The number of carboxylic acid groups (broad SMARTS) is 1. The molecule has 0 aliphatic heterocycles. The van der Waals surface area contributed by atoms with Crippen molar-refractivity contribution < 1.29 is 14.7 Å². The maximum atomic E-state index is 11.1. The van der Waals surface area contributed by atoms with E-state index >= 15 is 0 Å². The molecule has 0 radical (unpaired) electrons. The molecular formula is C7H10N4O3S. The molecule has 0 aliphatic carbocycles. The van der Waals surface area contributed by atoms with Gasteiger partial charge < -0.3 is 10.4 Å². The predicted molar refractivity (Wildman–Crippen MR) is 53.9 cm³/mol. The predicted octanol–water partition coefficient (Wildman–Crippen LogP) is 0.307. The molecule has 1 aromatic heterocycles. The number of aliphatic carboxylic acids is 1. The second kappa shape index (κ2) is 5.25. The van der Waals surface area contributed by atoms with Gasteiger partial charge in [-0.25, -0.2) is 4.79 Å². The largest absolute Gasteiger partial charge is 0.480 e. The van der Waals surface area contributed by atoms with Crippen molar-refractivity contribution in [3.8, 4) is 0 Å². The Morgan fingerprint density at radius 3 is 2.73 bits per heavy atom. The molecule has 0 saturated heterocycles. The first-order valence-corrected chi connectivity index (χ1v) is 5.02. The van der Waals surface area contributed by atoms with Crippen LogP contribution in [-0.4, -0.2) is 33.8 Å². The van der Waals surface area contributed by atoms with Gasteiger partial charge in [0.15, 0.2) is 0 Å². The summed E-state index contributed by atoms with van der Waals surface area (Å²) >= 11 is 1.25. The van der Waals surface area contributed by atoms with Crippen molar-refractivity contribution in [2.45, 2.75) is 13.3 Å². The number of hydrogen-bond donors (Lipinski definition) is 3. The number of carbonyl (C=O) groups excluding carboxylic acids is 1. The van der Waals surface area contributed by atoms with Gasteiger partial charge in [0, 0.05) is 0 Å². The van der Waals surface area contributed by atoms with Gasteiger partial charge in [0.05, 0.1) is 0 Å². The Morgan fingerprint density at radius 2 is 2.20 bits per heavy atom. The summed E-state index contributed by atoms with van der Waals surface area (Å²) < 4.78 is 0. The molecule has 1 aromatic rings. The molecule has 3 N–H and O–H groups in total. The highest BCUT2D eigenvalue weighted by Crippen LogP contribution is 2.14. The van der Waals surface area contributed by atoms with Gasteiger partial charge in [0.1, 0.15) is 11.6 Å². The van der Waals surface area contributed by atoms with Crippen LogP contribution in [0.2, 0.25) is 0 Å². The van der Waals surface area contributed by atoms with Crippen molar-refractivity contribution in [1.29, 1.82) is 0 Å². The third-order valence-electron chi connectivity index (χ3n) is 1.39. The molecule has 1 rings (SSSR count). The summed E-state index contributed by atoms with van der Waals surface area (Å²) in [7, 11) is 0. The van der Waals surface area contributed by atoms with Crippen LogP contribution in [0.4, 0.5) is 9.93 Å². The standard InChI is InChI=1S/C7H10N4O3S/c1-2-4-10-11-7(15-4)9-6(14)8-3-5(12)13/h2-3H2,1H3,(H,12,13)(H2,8,9,11,14). The number of carboxylic acids is 1. The minimum absolute atomic E-state index is 0.356. The number of urea groups is 1. The molecular weight excluding hydrogens is 220 g/mol. The molecule has 7 nitrogen and oxygen atoms in total. The average Bonchev–Trinajstić information content (AvgIpc) is 2.62. The minimum Gasteiger partial charge on any atom is -0.480 e. The molecule has 8 heteroatoms. The van der Waals surface area contributed by atoms with E-state index < -0.39 is 18.5 Å². The van der Waals surface area contributed by atoms with Crippen molar-refractivity contribution >= 4 is 28.5 Å². The lowest BCUT2D eigenvalue weighted by Gasteiger charge is -2.00. The van der Waals surface area contributed by atoms with E-state index in [0.29, 0.717) is 5.13 Å². The molecule has 0 unspecified atom stereocenters. The van der Waals surface area contributed by atoms with Crippen LogP contribution in [0.25, 0.3) is 0 Å². The molecule has 0 atom stereocenters. The van der Waals surface area contributed by atoms with Gasteiger partial charge in [0.25, 0.3) is 0 Å². The van der Waals surface area contributed by atoms with Crippen molar-refractivity contribution in [3.05, 3.63) is 5.01 Å². The van der Waals surface area contributed by atoms with Gasteiger partial charge in [-0.15, -0.1) is 10.2 Å². The van der Waals surface area contributed by atoms with E-state index in [1.807, 2.05) is 6.92 Å². The second-order valence-electron chi connectivity index (χ2n) is 2.56. The summed E-state index contributed by atoms with van der Waals surface area (Å²) in [5.74, 6) is -1.10. The number of nitrogens with zero attached hydrogens (tertiary/aromatic N) is 2. The monoisotopic (exact) mass is 230 g/mol. The zero-order chi connectivity index (χ0) is 11.3. The summed E-state index contributed by atoms with van der Waals surface area (Å²) in [6.45, 7) is 1.50. The van der Waals surface area contributed by atoms with Crippen LogP contribution in [0.15, 0.2) is 0 Å². The first-order valence-electron chi connectivity index (χ1n) is 4.21. The van der Waals surface area contributed by atoms with Gasteiger partial charge in [-0.1, -0.05) is 18.3 Å². The Morgan fingerprint density at radius 1 is 1.47 bits per heavy atom. The maximum absolute atomic E-state index is 11.1. The van der Waals surface area contributed by atoms with Crippen LogP contribution in [0.5, 0.6) is 0 Å². The minimum atomic E-state index is -1.10. The van der Waals surface area contributed by atoms with Crippen LogP contribution in [0, 0.1) is 0 Å². The zero-order valence-electron chi connectivity index (χ0n) is 7.98. The van der Waals surface area contributed by atoms with Crippen LogP contribution in [0.3, 0.4) is 0 Å². The van der Waals surface area contributed by atoms with Gasteiger partial charge in [-0.2, -0.15) is 0 Å². The summed E-state index contributed by atoms with van der Waals surface area (Å²) in [4.78, 5) is 21.2. The lowest BCUT2D eigenvalue weighted by Crippen LogP contribution is -2.33. The fraction of sp³-hybridized carbons (Fsp3) is 0.429. The molecule has 0 spiro atoms. The number of aryl methyl sites for hydroxylation is 1. The van der Waals surface area contributed by atoms with E-state index in [-0.39, 0.29) is 0 Å². The fourth-order valence-corrected chi connectivity index (χ4v) is 1.42. The molecule has 82 valence electrons. The van der Waals surface area contributed by atoms with E-state index in [9.17, 15) is 9.59 Å². The number of carbonyl (C=O) groups is 2. The molecule has 0 aliphatic rings. The Labute approximate surface area is 89.5 Å². The van der Waals surface area contributed by atoms with E-state index in [1.54, 1.807) is 0 Å². The van der Waals surface area contributed by atoms with Crippen molar-refractivity contribution in [2.75, 3.05) is 11.9 Å².